The van der Waals surface area contributed by atoms with Crippen LogP contribution >= 0.6 is 0 Å². The lowest BCUT2D eigenvalue weighted by Crippen LogP contribution is -2.12. The van der Waals surface area contributed by atoms with Gasteiger partial charge in [0, 0.05) is 0 Å². The third-order valence-electron chi connectivity index (χ3n) is 3.23. The molecule has 0 aliphatic rings. The summed E-state index contributed by atoms with van der Waals surface area (Å²) in [6, 6.07) is 29.0. The van der Waals surface area contributed by atoms with E-state index in [9.17, 15) is 4.21 Å². The van der Waals surface area contributed by atoms with Crippen molar-refractivity contribution in [2.24, 2.45) is 0 Å². The summed E-state index contributed by atoms with van der Waals surface area (Å²) in [6.07, 6.45) is 0. The molecule has 0 amide bonds. The Morgan fingerprint density at radius 3 is 0.950 bits per heavy atom. The van der Waals surface area contributed by atoms with Crippen LogP contribution < -0.4 is 0 Å². The number of rotatable bonds is 3. The smallest absolute Gasteiger partial charge is 0.0875 e. The third kappa shape index (κ3) is 2.19. The minimum atomic E-state index is -2.43. The lowest BCUT2D eigenvalue weighted by atomic mass is 10.4. The van der Waals surface area contributed by atoms with Gasteiger partial charge in [-0.25, -0.2) is 0 Å². The van der Waals surface area contributed by atoms with Gasteiger partial charge in [-0.05, 0) is 36.4 Å². The van der Waals surface area contributed by atoms with Gasteiger partial charge in [-0.15, -0.1) is 0 Å². The largest absolute Gasteiger partial charge is 0.182 e. The van der Waals surface area contributed by atoms with E-state index in [4.69, 9.17) is 0 Å². The standard InChI is InChI=1S/C18H15OS/c19-20(16-10-4-1-5-11-16,17-12-6-2-7-13-17)18-14-8-3-9-15-18/h1-15H/q+1. The van der Waals surface area contributed by atoms with Crippen LogP contribution in [-0.4, -0.2) is 0 Å². The summed E-state index contributed by atoms with van der Waals surface area (Å²) in [6.45, 7) is 0. The molecule has 0 N–H and O–H groups in total. The van der Waals surface area contributed by atoms with Gasteiger partial charge in [0.15, 0.2) is 24.6 Å². The molecule has 3 aromatic rings. The first kappa shape index (κ1) is 12.8. The SMILES string of the molecule is O=[S+](c1ccccc1)(c1ccccc1)c1ccccc1. The van der Waals surface area contributed by atoms with Crippen LogP contribution in [0.2, 0.25) is 0 Å². The maximum absolute atomic E-state index is 13.8. The van der Waals surface area contributed by atoms with Crippen molar-refractivity contribution in [3.63, 3.8) is 0 Å². The molecule has 0 spiro atoms. The summed E-state index contributed by atoms with van der Waals surface area (Å²) in [7, 11) is -2.43. The summed E-state index contributed by atoms with van der Waals surface area (Å²) in [5, 5.41) is 0. The average molecular weight is 279 g/mol. The molecule has 0 bridgehead atoms. The molecule has 1 nitrogen and oxygen atoms in total. The lowest BCUT2D eigenvalue weighted by Gasteiger charge is -2.11. The molecule has 98 valence electrons. The first-order chi connectivity index (χ1) is 9.82. The first-order valence-electron chi connectivity index (χ1n) is 6.51. The zero-order chi connectivity index (χ0) is 13.8. The van der Waals surface area contributed by atoms with Crippen molar-refractivity contribution in [3.05, 3.63) is 91.0 Å². The van der Waals surface area contributed by atoms with Crippen molar-refractivity contribution in [2.45, 2.75) is 14.7 Å². The van der Waals surface area contributed by atoms with E-state index in [1.807, 2.05) is 91.0 Å². The van der Waals surface area contributed by atoms with Crippen molar-refractivity contribution in [1.82, 2.24) is 0 Å². The van der Waals surface area contributed by atoms with Crippen molar-refractivity contribution < 1.29 is 4.21 Å². The van der Waals surface area contributed by atoms with E-state index in [0.717, 1.165) is 14.7 Å². The molecule has 0 saturated carbocycles. The van der Waals surface area contributed by atoms with Gasteiger partial charge in [0.05, 0.1) is 0 Å². The predicted molar refractivity (Wildman–Crippen MR) is 82.2 cm³/mol. The summed E-state index contributed by atoms with van der Waals surface area (Å²) in [4.78, 5) is 2.53. The summed E-state index contributed by atoms with van der Waals surface area (Å²) >= 11 is 0. The van der Waals surface area contributed by atoms with Crippen LogP contribution in [0, 0.1) is 0 Å². The van der Waals surface area contributed by atoms with Crippen molar-refractivity contribution in [3.8, 4) is 0 Å². The second-order valence-corrected chi connectivity index (χ2v) is 7.02. The molecule has 0 unspecified atom stereocenters. The second kappa shape index (κ2) is 5.43. The Hall–Kier alpha value is -2.19. The molecular weight excluding hydrogens is 264 g/mol. The van der Waals surface area contributed by atoms with Crippen LogP contribution in [0.5, 0.6) is 0 Å². The third-order valence-corrected chi connectivity index (χ3v) is 6.03. The molecule has 3 rings (SSSR count). The average Bonchev–Trinajstić information content (AvgIpc) is 2.56. The van der Waals surface area contributed by atoms with Gasteiger partial charge in [-0.3, -0.25) is 0 Å². The van der Waals surface area contributed by atoms with Crippen LogP contribution in [0.3, 0.4) is 0 Å². The van der Waals surface area contributed by atoms with Gasteiger partial charge in [0.25, 0.3) is 0 Å². The van der Waals surface area contributed by atoms with Gasteiger partial charge < -0.3 is 0 Å². The molecular formula is C18H15OS+. The molecule has 2 heteroatoms. The van der Waals surface area contributed by atoms with Crippen LogP contribution in [-0.2, 0) is 14.1 Å². The summed E-state index contributed by atoms with van der Waals surface area (Å²) < 4.78 is 13.8. The highest BCUT2D eigenvalue weighted by molar-refractivity contribution is 8.03. The van der Waals surface area contributed by atoms with Gasteiger partial charge in [0.2, 0.25) is 0 Å². The number of benzene rings is 3. The molecule has 0 atom stereocenters. The molecule has 20 heavy (non-hydrogen) atoms. The van der Waals surface area contributed by atoms with Crippen LogP contribution in [0.15, 0.2) is 106 Å². The molecule has 3 aromatic carbocycles. The molecule has 0 heterocycles. The monoisotopic (exact) mass is 279 g/mol. The highest BCUT2D eigenvalue weighted by Crippen LogP contribution is 2.35. The van der Waals surface area contributed by atoms with E-state index < -0.39 is 9.93 Å². The Balaban J connectivity index is 2.27. The number of hydrogen-bond acceptors (Lipinski definition) is 1. The molecule has 0 aliphatic carbocycles. The Morgan fingerprint density at radius 2 is 0.700 bits per heavy atom. The molecule has 0 aromatic heterocycles. The second-order valence-electron chi connectivity index (χ2n) is 4.50. The molecule has 0 radical (unpaired) electrons. The summed E-state index contributed by atoms with van der Waals surface area (Å²) in [5.41, 5.74) is 0. The Labute approximate surface area is 120 Å². The fourth-order valence-electron chi connectivity index (χ4n) is 2.24. The van der Waals surface area contributed by atoms with Crippen LogP contribution in [0.25, 0.3) is 0 Å². The van der Waals surface area contributed by atoms with Crippen LogP contribution in [0.4, 0.5) is 0 Å². The number of hydrogen-bond donors (Lipinski definition) is 0. The summed E-state index contributed by atoms with van der Waals surface area (Å²) in [5.74, 6) is 0. The fraction of sp³-hybridized carbons (Fsp3) is 0. The topological polar surface area (TPSA) is 17.1 Å². The van der Waals surface area contributed by atoms with E-state index in [1.54, 1.807) is 0 Å². The normalized spacial score (nSPS) is 11.2. The van der Waals surface area contributed by atoms with E-state index in [-0.39, 0.29) is 0 Å². The molecule has 0 saturated heterocycles. The molecule has 0 fully saturated rings. The minimum Gasteiger partial charge on any atom is -0.0875 e. The van der Waals surface area contributed by atoms with Crippen LogP contribution in [0.1, 0.15) is 0 Å². The maximum Gasteiger partial charge on any atom is 0.182 e. The fourth-order valence-corrected chi connectivity index (χ4v) is 4.68. The highest BCUT2D eigenvalue weighted by Gasteiger charge is 2.36. The zero-order valence-corrected chi connectivity index (χ0v) is 11.8. The van der Waals surface area contributed by atoms with Crippen molar-refractivity contribution >= 4 is 9.93 Å². The quantitative estimate of drug-likeness (QED) is 0.637. The maximum atomic E-state index is 13.8. The predicted octanol–water partition coefficient (Wildman–Crippen LogP) is 4.66. The van der Waals surface area contributed by atoms with E-state index in [2.05, 4.69) is 0 Å². The van der Waals surface area contributed by atoms with Gasteiger partial charge in [-0.2, -0.15) is 0 Å². The Morgan fingerprint density at radius 1 is 0.450 bits per heavy atom. The van der Waals surface area contributed by atoms with Gasteiger partial charge >= 0.3 is 0 Å². The van der Waals surface area contributed by atoms with E-state index >= 15 is 0 Å². The van der Waals surface area contributed by atoms with E-state index in [1.165, 1.54) is 0 Å². The van der Waals surface area contributed by atoms with Crippen molar-refractivity contribution in [2.75, 3.05) is 0 Å². The van der Waals surface area contributed by atoms with Gasteiger partial charge in [-0.1, -0.05) is 58.8 Å². The first-order valence-corrected chi connectivity index (χ1v) is 8.07. The minimum absolute atomic E-state index is 0.845. The Bertz CT molecular complexity index is 618. The highest BCUT2D eigenvalue weighted by atomic mass is 32.2. The molecule has 0 aliphatic heterocycles. The van der Waals surface area contributed by atoms with E-state index in [0.29, 0.717) is 0 Å². The van der Waals surface area contributed by atoms with Crippen molar-refractivity contribution in [1.29, 1.82) is 0 Å². The van der Waals surface area contributed by atoms with Gasteiger partial charge in [0.1, 0.15) is 0 Å². The Kier molecular flexibility index (Phi) is 3.48. The lowest BCUT2D eigenvalue weighted by molar-refractivity contribution is 0.584. The zero-order valence-electron chi connectivity index (χ0n) is 11.0.